The molecule has 3 heterocycles. The molecule has 0 spiro atoms. The Morgan fingerprint density at radius 1 is 1.44 bits per heavy atom. The van der Waals surface area contributed by atoms with Crippen molar-refractivity contribution < 1.29 is 0 Å². The first-order valence-corrected chi connectivity index (χ1v) is 6.62. The second-order valence-electron chi connectivity index (χ2n) is 5.43. The summed E-state index contributed by atoms with van der Waals surface area (Å²) >= 11 is 0. The molecule has 4 heteroatoms. The number of aromatic nitrogens is 2. The summed E-state index contributed by atoms with van der Waals surface area (Å²) in [5, 5.41) is 0. The monoisotopic (exact) mass is 244 g/mol. The average Bonchev–Trinajstić information content (AvgIpc) is 2.95. The van der Waals surface area contributed by atoms with Crippen molar-refractivity contribution in [3.05, 3.63) is 30.2 Å². The summed E-state index contributed by atoms with van der Waals surface area (Å²) in [5.74, 6) is 0.548. The van der Waals surface area contributed by atoms with Gasteiger partial charge in [-0.25, -0.2) is 4.98 Å². The van der Waals surface area contributed by atoms with Gasteiger partial charge in [0, 0.05) is 30.9 Å². The van der Waals surface area contributed by atoms with Crippen molar-refractivity contribution >= 4 is 11.3 Å². The summed E-state index contributed by atoms with van der Waals surface area (Å²) in [4.78, 5) is 7.21. The minimum Gasteiger partial charge on any atom is -0.396 e. The Balaban J connectivity index is 1.89. The molecule has 1 unspecified atom stereocenters. The van der Waals surface area contributed by atoms with Crippen LogP contribution >= 0.6 is 0 Å². The number of nitrogen functional groups attached to an aromatic ring is 1. The number of imidazole rings is 1. The molecule has 3 rings (SSSR count). The quantitative estimate of drug-likeness (QED) is 0.880. The Labute approximate surface area is 107 Å². The van der Waals surface area contributed by atoms with E-state index in [1.165, 1.54) is 18.7 Å². The zero-order chi connectivity index (χ0) is 12.7. The predicted octanol–water partition coefficient (Wildman–Crippen LogP) is 2.11. The first-order chi connectivity index (χ1) is 8.65. The fraction of sp³-hybridized carbons (Fsp3) is 0.500. The molecule has 18 heavy (non-hydrogen) atoms. The summed E-state index contributed by atoms with van der Waals surface area (Å²) in [6, 6.07) is 4.49. The normalized spacial score (nSPS) is 21.2. The minimum atomic E-state index is 0.548. The van der Waals surface area contributed by atoms with Gasteiger partial charge in [0.1, 0.15) is 0 Å². The number of likely N-dealkylation sites (tertiary alicyclic amines) is 1. The molecule has 1 fully saturated rings. The zero-order valence-corrected chi connectivity index (χ0v) is 11.0. The van der Waals surface area contributed by atoms with E-state index in [0.29, 0.717) is 12.0 Å². The number of fused-ring (bicyclic) bond motifs is 1. The van der Waals surface area contributed by atoms with Crippen molar-refractivity contribution in [3.8, 4) is 0 Å². The lowest BCUT2D eigenvalue weighted by Gasteiger charge is -2.19. The molecule has 96 valence electrons. The molecule has 1 atom stereocenters. The number of nitrogens with two attached hydrogens (primary N) is 1. The standard InChI is InChI=1S/C14H20N4/c1-10(2)17-7-5-11(8-17)13-9-18-6-3-4-12(15)14(18)16-13/h3-4,6,9-11H,5,7-8,15H2,1-2H3. The van der Waals surface area contributed by atoms with Gasteiger partial charge in [-0.2, -0.15) is 0 Å². The van der Waals surface area contributed by atoms with Crippen LogP contribution in [0.5, 0.6) is 0 Å². The second kappa shape index (κ2) is 4.28. The van der Waals surface area contributed by atoms with Crippen LogP contribution in [0.3, 0.4) is 0 Å². The zero-order valence-electron chi connectivity index (χ0n) is 11.0. The van der Waals surface area contributed by atoms with Gasteiger partial charge >= 0.3 is 0 Å². The Morgan fingerprint density at radius 3 is 2.94 bits per heavy atom. The molecular weight excluding hydrogens is 224 g/mol. The van der Waals surface area contributed by atoms with E-state index in [-0.39, 0.29) is 0 Å². The number of nitrogens with zero attached hydrogens (tertiary/aromatic N) is 3. The molecule has 0 aliphatic carbocycles. The molecule has 2 N–H and O–H groups in total. The van der Waals surface area contributed by atoms with Gasteiger partial charge in [0.05, 0.1) is 11.4 Å². The van der Waals surface area contributed by atoms with E-state index in [2.05, 4.69) is 24.9 Å². The molecule has 1 aliphatic heterocycles. The smallest absolute Gasteiger partial charge is 0.160 e. The molecule has 0 amide bonds. The van der Waals surface area contributed by atoms with Crippen molar-refractivity contribution in [3.63, 3.8) is 0 Å². The summed E-state index contributed by atoms with van der Waals surface area (Å²) in [6.45, 7) is 6.79. The molecule has 2 aromatic rings. The van der Waals surface area contributed by atoms with Gasteiger partial charge in [-0.15, -0.1) is 0 Å². The van der Waals surface area contributed by atoms with Gasteiger partial charge in [-0.05, 0) is 38.9 Å². The van der Waals surface area contributed by atoms with Crippen molar-refractivity contribution in [2.24, 2.45) is 0 Å². The maximum Gasteiger partial charge on any atom is 0.160 e. The number of hydrogen-bond acceptors (Lipinski definition) is 3. The van der Waals surface area contributed by atoms with E-state index in [9.17, 15) is 0 Å². The second-order valence-corrected chi connectivity index (χ2v) is 5.43. The van der Waals surface area contributed by atoms with Crippen molar-refractivity contribution in [1.29, 1.82) is 0 Å². The van der Waals surface area contributed by atoms with Gasteiger partial charge in [0.2, 0.25) is 0 Å². The molecule has 0 bridgehead atoms. The van der Waals surface area contributed by atoms with Crippen molar-refractivity contribution in [1.82, 2.24) is 14.3 Å². The van der Waals surface area contributed by atoms with Gasteiger partial charge in [-0.3, -0.25) is 0 Å². The Morgan fingerprint density at radius 2 is 2.28 bits per heavy atom. The summed E-state index contributed by atoms with van der Waals surface area (Å²) in [5.41, 5.74) is 8.76. The summed E-state index contributed by atoms with van der Waals surface area (Å²) < 4.78 is 2.03. The highest BCUT2D eigenvalue weighted by Crippen LogP contribution is 2.28. The van der Waals surface area contributed by atoms with Crippen LogP contribution in [0.1, 0.15) is 31.9 Å². The highest BCUT2D eigenvalue weighted by Gasteiger charge is 2.27. The number of pyridine rings is 1. The van der Waals surface area contributed by atoms with Crippen LogP contribution in [0.25, 0.3) is 5.65 Å². The average molecular weight is 244 g/mol. The molecule has 0 radical (unpaired) electrons. The van der Waals surface area contributed by atoms with E-state index in [1.54, 1.807) is 0 Å². The minimum absolute atomic E-state index is 0.548. The molecule has 1 aliphatic rings. The fourth-order valence-corrected chi connectivity index (χ4v) is 2.75. The molecule has 4 nitrogen and oxygen atoms in total. The summed E-state index contributed by atoms with van der Waals surface area (Å²) in [6.07, 6.45) is 5.33. The third kappa shape index (κ3) is 1.86. The largest absolute Gasteiger partial charge is 0.396 e. The topological polar surface area (TPSA) is 46.6 Å². The van der Waals surface area contributed by atoms with E-state index in [4.69, 9.17) is 10.7 Å². The van der Waals surface area contributed by atoms with Crippen molar-refractivity contribution in [2.45, 2.75) is 32.2 Å². The van der Waals surface area contributed by atoms with Gasteiger partial charge in [-0.1, -0.05) is 0 Å². The van der Waals surface area contributed by atoms with E-state index in [1.807, 2.05) is 22.7 Å². The maximum atomic E-state index is 5.95. The van der Waals surface area contributed by atoms with Crippen molar-refractivity contribution in [2.75, 3.05) is 18.8 Å². The number of hydrogen-bond donors (Lipinski definition) is 1. The Hall–Kier alpha value is -1.55. The molecule has 2 aromatic heterocycles. The number of rotatable bonds is 2. The Bertz CT molecular complexity index is 558. The lowest BCUT2D eigenvalue weighted by molar-refractivity contribution is 0.272. The molecular formula is C14H20N4. The highest BCUT2D eigenvalue weighted by atomic mass is 15.2. The third-order valence-electron chi connectivity index (χ3n) is 3.90. The van der Waals surface area contributed by atoms with Crippen LogP contribution in [0.4, 0.5) is 5.69 Å². The van der Waals surface area contributed by atoms with Crippen LogP contribution in [0.2, 0.25) is 0 Å². The maximum absolute atomic E-state index is 5.95. The van der Waals surface area contributed by atoms with Crippen LogP contribution in [0, 0.1) is 0 Å². The van der Waals surface area contributed by atoms with E-state index in [0.717, 1.165) is 17.9 Å². The first kappa shape index (κ1) is 11.5. The van der Waals surface area contributed by atoms with Gasteiger partial charge < -0.3 is 15.0 Å². The molecule has 0 aromatic carbocycles. The fourth-order valence-electron chi connectivity index (χ4n) is 2.75. The lowest BCUT2D eigenvalue weighted by Crippen LogP contribution is -2.27. The van der Waals surface area contributed by atoms with Gasteiger partial charge in [0.15, 0.2) is 5.65 Å². The highest BCUT2D eigenvalue weighted by molar-refractivity contribution is 5.64. The van der Waals surface area contributed by atoms with E-state index >= 15 is 0 Å². The SMILES string of the molecule is CC(C)N1CCC(c2cn3cccc(N)c3n2)C1. The van der Waals surface area contributed by atoms with E-state index < -0.39 is 0 Å². The van der Waals surface area contributed by atoms with Gasteiger partial charge in [0.25, 0.3) is 0 Å². The van der Waals surface area contributed by atoms with Crippen LogP contribution in [-0.2, 0) is 0 Å². The summed E-state index contributed by atoms with van der Waals surface area (Å²) in [7, 11) is 0. The third-order valence-corrected chi connectivity index (χ3v) is 3.90. The van der Waals surface area contributed by atoms with Crippen LogP contribution in [0.15, 0.2) is 24.5 Å². The predicted molar refractivity (Wildman–Crippen MR) is 73.7 cm³/mol. The lowest BCUT2D eigenvalue weighted by atomic mass is 10.1. The Kier molecular flexibility index (Phi) is 2.74. The molecule has 1 saturated heterocycles. The van der Waals surface area contributed by atoms with Crippen LogP contribution < -0.4 is 5.73 Å². The molecule has 0 saturated carbocycles. The van der Waals surface area contributed by atoms with Crippen LogP contribution in [-0.4, -0.2) is 33.4 Å². The number of anilines is 1. The first-order valence-electron chi connectivity index (χ1n) is 6.62.